The number of thioether (sulfide) groups is 1. The highest BCUT2D eigenvalue weighted by Gasteiger charge is 2.80. The third-order valence-electron chi connectivity index (χ3n) is 11.5. The van der Waals surface area contributed by atoms with E-state index in [0.717, 1.165) is 22.3 Å². The molecule has 1 aliphatic heterocycles. The number of allylic oxidation sites excluding steroid dienone is 4. The Morgan fingerprint density at radius 1 is 1.09 bits per heavy atom. The number of nitrogens with two attached hydrogens (primary N) is 1. The van der Waals surface area contributed by atoms with Crippen LogP contribution in [0, 0.1) is 22.7 Å². The highest BCUT2D eigenvalue weighted by Crippen LogP contribution is 2.72. The van der Waals surface area contributed by atoms with Crippen LogP contribution >= 0.6 is 11.8 Å². The number of halogens is 2. The van der Waals surface area contributed by atoms with Crippen LogP contribution in [0.1, 0.15) is 50.5 Å². The molecule has 0 aromatic heterocycles. The van der Waals surface area contributed by atoms with Crippen LogP contribution in [0.3, 0.4) is 0 Å². The third kappa shape index (κ3) is 4.22. The molecule has 4 aliphatic carbocycles. The SMILES string of the molecule is C[C@]12C=CC(=O)C=C1[C@@H](F)C[C@H]1C3C[C@H]4O[C@@H](c5ccc(CSc6ccc(N)cc6)cc5)O[C@@]4(C(=O)CO)[C@@]3(C)C[C@H](O)[C@@]12F. The number of fused-ring (bicyclic) bond motifs is 7. The number of aliphatic hydroxyl groups excluding tert-OH is 2. The first-order chi connectivity index (χ1) is 21.4. The number of Topliss-reactive ketones (excluding diaryl/α,β-unsaturated/α-hetero) is 1. The molecule has 0 bridgehead atoms. The second-order valence-corrected chi connectivity index (χ2v) is 14.6. The summed E-state index contributed by atoms with van der Waals surface area (Å²) in [4.78, 5) is 26.9. The Labute approximate surface area is 264 Å². The van der Waals surface area contributed by atoms with Crippen molar-refractivity contribution in [2.75, 3.05) is 12.3 Å². The van der Waals surface area contributed by atoms with Gasteiger partial charge in [-0.1, -0.05) is 37.3 Å². The fourth-order valence-corrected chi connectivity index (χ4v) is 10.1. The molecule has 7 nitrogen and oxygen atoms in total. The maximum Gasteiger partial charge on any atom is 0.193 e. The van der Waals surface area contributed by atoms with E-state index in [1.807, 2.05) is 48.5 Å². The molecular formula is C35H37F2NO6S. The van der Waals surface area contributed by atoms with Crippen LogP contribution in [0.2, 0.25) is 0 Å². The quantitative estimate of drug-likeness (QED) is 0.292. The number of ether oxygens (including phenoxy) is 2. The van der Waals surface area contributed by atoms with E-state index >= 15 is 8.78 Å². The molecule has 10 atom stereocenters. The molecule has 3 saturated carbocycles. The Balaban J connectivity index is 1.17. The van der Waals surface area contributed by atoms with E-state index < -0.39 is 76.8 Å². The van der Waals surface area contributed by atoms with E-state index in [1.165, 1.54) is 19.1 Å². The average Bonchev–Trinajstić information content (AvgIpc) is 3.52. The number of nitrogen functional groups attached to an aromatic ring is 1. The molecule has 1 unspecified atom stereocenters. The summed E-state index contributed by atoms with van der Waals surface area (Å²) in [7, 11) is 0. The van der Waals surface area contributed by atoms with Gasteiger partial charge >= 0.3 is 0 Å². The molecule has 45 heavy (non-hydrogen) atoms. The van der Waals surface area contributed by atoms with Crippen molar-refractivity contribution >= 4 is 29.0 Å². The van der Waals surface area contributed by atoms with Crippen molar-refractivity contribution in [2.45, 2.75) is 79.7 Å². The second-order valence-electron chi connectivity index (χ2n) is 13.6. The molecule has 4 fully saturated rings. The van der Waals surface area contributed by atoms with Crippen LogP contribution in [0.15, 0.2) is 77.2 Å². The molecule has 2 aromatic rings. The molecule has 1 heterocycles. The van der Waals surface area contributed by atoms with Gasteiger partial charge in [0.05, 0.1) is 12.2 Å². The van der Waals surface area contributed by atoms with E-state index in [4.69, 9.17) is 15.2 Å². The number of carbonyl (C=O) groups is 2. The third-order valence-corrected chi connectivity index (χ3v) is 12.5. The van der Waals surface area contributed by atoms with E-state index in [-0.39, 0.29) is 24.8 Å². The fourth-order valence-electron chi connectivity index (χ4n) is 9.22. The summed E-state index contributed by atoms with van der Waals surface area (Å²) < 4.78 is 46.3. The lowest BCUT2D eigenvalue weighted by Crippen LogP contribution is -2.70. The molecule has 0 spiro atoms. The van der Waals surface area contributed by atoms with Gasteiger partial charge in [0.25, 0.3) is 0 Å². The van der Waals surface area contributed by atoms with Crippen molar-refractivity contribution in [3.05, 3.63) is 83.5 Å². The number of alkyl halides is 2. The van der Waals surface area contributed by atoms with Gasteiger partial charge in [0, 0.05) is 38.6 Å². The molecule has 5 aliphatic rings. The molecule has 4 N–H and O–H groups in total. The van der Waals surface area contributed by atoms with Crippen molar-refractivity contribution in [2.24, 2.45) is 22.7 Å². The number of hydrogen-bond donors (Lipinski definition) is 3. The van der Waals surface area contributed by atoms with Crippen LogP contribution in [0.5, 0.6) is 0 Å². The van der Waals surface area contributed by atoms with E-state index in [1.54, 1.807) is 18.7 Å². The number of hydrogen-bond acceptors (Lipinski definition) is 8. The van der Waals surface area contributed by atoms with E-state index in [2.05, 4.69) is 0 Å². The highest BCUT2D eigenvalue weighted by molar-refractivity contribution is 7.98. The maximum absolute atomic E-state index is 17.5. The molecule has 1 saturated heterocycles. The predicted molar refractivity (Wildman–Crippen MR) is 164 cm³/mol. The first-order valence-electron chi connectivity index (χ1n) is 15.4. The largest absolute Gasteiger partial charge is 0.399 e. The maximum atomic E-state index is 17.5. The lowest BCUT2D eigenvalue weighted by Gasteiger charge is -2.63. The first-order valence-corrected chi connectivity index (χ1v) is 16.4. The normalized spacial score (nSPS) is 41.6. The van der Waals surface area contributed by atoms with Gasteiger partial charge < -0.3 is 25.4 Å². The summed E-state index contributed by atoms with van der Waals surface area (Å²) in [5, 5.41) is 21.8. The lowest BCUT2D eigenvalue weighted by atomic mass is 9.44. The van der Waals surface area contributed by atoms with E-state index in [0.29, 0.717) is 11.3 Å². The number of rotatable bonds is 6. The monoisotopic (exact) mass is 637 g/mol. The minimum atomic E-state index is -2.29. The standard InChI is InChI=1S/C35H37F2NO6S/c1-32-12-11-22(40)13-26(32)27(36)14-25-24-15-30-35(29(42)17-39,33(24,2)16-28(41)34(25,32)37)44-31(43-30)20-5-3-19(4-6-20)18-45-23-9-7-21(38)8-10-23/h3-13,24-25,27-28,30-31,39,41H,14-18,38H2,1-2H3/t24?,25-,27-,28-,30+,31+,32-,33-,34-,35+/m0/s1. The van der Waals surface area contributed by atoms with Gasteiger partial charge in [-0.05, 0) is 79.7 Å². The zero-order valence-electron chi connectivity index (χ0n) is 25.1. The van der Waals surface area contributed by atoms with Gasteiger partial charge in [0.2, 0.25) is 0 Å². The number of benzene rings is 2. The molecule has 7 rings (SSSR count). The van der Waals surface area contributed by atoms with Crippen molar-refractivity contribution in [1.29, 1.82) is 0 Å². The van der Waals surface area contributed by atoms with Crippen LogP contribution in [0.25, 0.3) is 0 Å². The average molecular weight is 638 g/mol. The van der Waals surface area contributed by atoms with E-state index in [9.17, 15) is 19.8 Å². The highest BCUT2D eigenvalue weighted by atomic mass is 32.2. The van der Waals surface area contributed by atoms with Gasteiger partial charge in [-0.25, -0.2) is 8.78 Å². The molecule has 10 heteroatoms. The van der Waals surface area contributed by atoms with Crippen molar-refractivity contribution in [3.63, 3.8) is 0 Å². The zero-order valence-corrected chi connectivity index (χ0v) is 25.9. The Morgan fingerprint density at radius 3 is 2.49 bits per heavy atom. The topological polar surface area (TPSA) is 119 Å². The summed E-state index contributed by atoms with van der Waals surface area (Å²) >= 11 is 1.67. The van der Waals surface area contributed by atoms with Crippen molar-refractivity contribution in [1.82, 2.24) is 0 Å². The summed E-state index contributed by atoms with van der Waals surface area (Å²) in [6, 6.07) is 15.3. The van der Waals surface area contributed by atoms with Gasteiger partial charge in [0.1, 0.15) is 12.8 Å². The Kier molecular flexibility index (Phi) is 7.22. The summed E-state index contributed by atoms with van der Waals surface area (Å²) in [5.74, 6) is -1.86. The van der Waals surface area contributed by atoms with Crippen molar-refractivity contribution < 1.29 is 38.1 Å². The predicted octanol–water partition coefficient (Wildman–Crippen LogP) is 5.20. The molecular weight excluding hydrogens is 600 g/mol. The van der Waals surface area contributed by atoms with Gasteiger partial charge in [-0.3, -0.25) is 9.59 Å². The molecule has 2 aromatic carbocycles. The van der Waals surface area contributed by atoms with Crippen LogP contribution in [0.4, 0.5) is 14.5 Å². The Morgan fingerprint density at radius 2 is 1.80 bits per heavy atom. The number of anilines is 1. The minimum absolute atomic E-state index is 0.0404. The number of carbonyl (C=O) groups excluding carboxylic acids is 2. The lowest BCUT2D eigenvalue weighted by molar-refractivity contribution is -0.235. The smallest absolute Gasteiger partial charge is 0.193 e. The zero-order chi connectivity index (χ0) is 31.9. The Bertz CT molecular complexity index is 1600. The fraction of sp³-hybridized carbons (Fsp3) is 0.486. The summed E-state index contributed by atoms with van der Waals surface area (Å²) in [6.07, 6.45) is -1.37. The molecule has 238 valence electrons. The number of aliphatic hydroxyl groups is 2. The molecule has 0 amide bonds. The van der Waals surface area contributed by atoms with Crippen LogP contribution in [-0.2, 0) is 24.8 Å². The van der Waals surface area contributed by atoms with Gasteiger partial charge in [0.15, 0.2) is 29.1 Å². The first kappa shape index (κ1) is 30.7. The summed E-state index contributed by atoms with van der Waals surface area (Å²) in [5.41, 5.74) is 1.64. The minimum Gasteiger partial charge on any atom is -0.399 e. The van der Waals surface area contributed by atoms with Crippen LogP contribution in [-0.4, -0.2) is 58.0 Å². The van der Waals surface area contributed by atoms with Gasteiger partial charge in [-0.15, -0.1) is 11.8 Å². The van der Waals surface area contributed by atoms with Crippen molar-refractivity contribution in [3.8, 4) is 0 Å². The Hall–Kier alpha value is -2.89. The van der Waals surface area contributed by atoms with Gasteiger partial charge in [-0.2, -0.15) is 0 Å². The summed E-state index contributed by atoms with van der Waals surface area (Å²) in [6.45, 7) is 2.50. The number of ketones is 2. The molecule has 0 radical (unpaired) electrons. The van der Waals surface area contributed by atoms with Crippen LogP contribution < -0.4 is 5.73 Å². The second kappa shape index (κ2) is 10.6.